The Hall–Kier alpha value is -0.820. The van der Waals surface area contributed by atoms with Crippen LogP contribution in [-0.2, 0) is 6.42 Å². The smallest absolute Gasteiger partial charge is 0.00816 e. The largest absolute Gasteiger partial charge is 0.311 e. The van der Waals surface area contributed by atoms with E-state index in [2.05, 4.69) is 56.4 Å². The van der Waals surface area contributed by atoms with Crippen molar-refractivity contribution < 1.29 is 0 Å². The number of rotatable bonds is 5. The van der Waals surface area contributed by atoms with E-state index in [-0.39, 0.29) is 0 Å². The van der Waals surface area contributed by atoms with Crippen LogP contribution in [0.15, 0.2) is 30.3 Å². The first-order valence-corrected chi connectivity index (χ1v) is 5.52. The molecule has 0 aliphatic heterocycles. The van der Waals surface area contributed by atoms with Crippen LogP contribution in [0.5, 0.6) is 0 Å². The molecule has 0 bridgehead atoms. The van der Waals surface area contributed by atoms with Crippen molar-refractivity contribution in [3.8, 4) is 0 Å². The number of hydrogen-bond donors (Lipinski definition) is 1. The lowest BCUT2D eigenvalue weighted by Gasteiger charge is -2.18. The summed E-state index contributed by atoms with van der Waals surface area (Å²) in [7, 11) is 0. The standard InChI is InChI=1S/C13H21N/c1-4-11(2)14-12(3)10-13-8-6-5-7-9-13/h5-9,11-12,14H,4,10H2,1-3H3. The average Bonchev–Trinajstić information content (AvgIpc) is 2.19. The van der Waals surface area contributed by atoms with Crippen LogP contribution in [0.25, 0.3) is 0 Å². The van der Waals surface area contributed by atoms with Crippen molar-refractivity contribution in [2.45, 2.75) is 45.7 Å². The maximum atomic E-state index is 3.58. The molecule has 0 aliphatic rings. The fraction of sp³-hybridized carbons (Fsp3) is 0.538. The van der Waals surface area contributed by atoms with Gasteiger partial charge in [-0.1, -0.05) is 37.3 Å². The van der Waals surface area contributed by atoms with Crippen molar-refractivity contribution in [3.63, 3.8) is 0 Å². The third-order valence-electron chi connectivity index (χ3n) is 2.57. The van der Waals surface area contributed by atoms with E-state index in [1.807, 2.05) is 0 Å². The topological polar surface area (TPSA) is 12.0 Å². The summed E-state index contributed by atoms with van der Waals surface area (Å²) in [6, 6.07) is 11.8. The van der Waals surface area contributed by atoms with Gasteiger partial charge in [0, 0.05) is 12.1 Å². The molecule has 0 aliphatic carbocycles. The van der Waals surface area contributed by atoms with E-state index < -0.39 is 0 Å². The Kier molecular flexibility index (Phi) is 4.68. The summed E-state index contributed by atoms with van der Waals surface area (Å²) in [5.41, 5.74) is 1.41. The van der Waals surface area contributed by atoms with Crippen LogP contribution in [-0.4, -0.2) is 12.1 Å². The van der Waals surface area contributed by atoms with Crippen molar-refractivity contribution in [2.75, 3.05) is 0 Å². The Labute approximate surface area is 87.5 Å². The highest BCUT2D eigenvalue weighted by molar-refractivity contribution is 5.15. The zero-order valence-corrected chi connectivity index (χ0v) is 9.46. The van der Waals surface area contributed by atoms with Gasteiger partial charge in [0.25, 0.3) is 0 Å². The molecular formula is C13H21N. The number of hydrogen-bond acceptors (Lipinski definition) is 1. The van der Waals surface area contributed by atoms with Gasteiger partial charge in [0.15, 0.2) is 0 Å². The SMILES string of the molecule is CCC(C)NC(C)Cc1ccccc1. The van der Waals surface area contributed by atoms with Crippen LogP contribution in [0.2, 0.25) is 0 Å². The zero-order chi connectivity index (χ0) is 10.4. The van der Waals surface area contributed by atoms with Crippen molar-refractivity contribution in [1.82, 2.24) is 5.32 Å². The predicted molar refractivity (Wildman–Crippen MR) is 62.5 cm³/mol. The average molecular weight is 191 g/mol. The van der Waals surface area contributed by atoms with Gasteiger partial charge in [-0.3, -0.25) is 0 Å². The highest BCUT2D eigenvalue weighted by Gasteiger charge is 2.05. The van der Waals surface area contributed by atoms with Crippen LogP contribution in [0.1, 0.15) is 32.8 Å². The van der Waals surface area contributed by atoms with Gasteiger partial charge in [0.1, 0.15) is 0 Å². The molecule has 0 radical (unpaired) electrons. The molecule has 0 heterocycles. The Morgan fingerprint density at radius 1 is 1.07 bits per heavy atom. The molecule has 0 aromatic heterocycles. The van der Waals surface area contributed by atoms with E-state index in [0.717, 1.165) is 6.42 Å². The summed E-state index contributed by atoms with van der Waals surface area (Å²) >= 11 is 0. The van der Waals surface area contributed by atoms with Gasteiger partial charge >= 0.3 is 0 Å². The predicted octanol–water partition coefficient (Wildman–Crippen LogP) is 3.01. The summed E-state index contributed by atoms with van der Waals surface area (Å²) in [6.07, 6.45) is 2.31. The van der Waals surface area contributed by atoms with E-state index >= 15 is 0 Å². The Morgan fingerprint density at radius 2 is 1.71 bits per heavy atom. The maximum absolute atomic E-state index is 3.58. The Bertz CT molecular complexity index is 243. The molecule has 0 amide bonds. The molecule has 14 heavy (non-hydrogen) atoms. The van der Waals surface area contributed by atoms with Crippen LogP contribution in [0, 0.1) is 0 Å². The fourth-order valence-corrected chi connectivity index (χ4v) is 1.63. The molecule has 1 aromatic carbocycles. The van der Waals surface area contributed by atoms with Crippen LogP contribution in [0.4, 0.5) is 0 Å². The molecule has 0 saturated heterocycles. The third-order valence-corrected chi connectivity index (χ3v) is 2.57. The molecule has 1 heteroatoms. The first-order valence-electron chi connectivity index (χ1n) is 5.52. The second-order valence-electron chi connectivity index (χ2n) is 4.07. The normalized spacial score (nSPS) is 15.1. The Balaban J connectivity index is 2.37. The van der Waals surface area contributed by atoms with Crippen molar-refractivity contribution >= 4 is 0 Å². The van der Waals surface area contributed by atoms with Gasteiger partial charge in [-0.15, -0.1) is 0 Å². The first-order chi connectivity index (χ1) is 6.72. The summed E-state index contributed by atoms with van der Waals surface area (Å²) < 4.78 is 0. The molecule has 2 atom stereocenters. The van der Waals surface area contributed by atoms with Crippen molar-refractivity contribution in [1.29, 1.82) is 0 Å². The number of nitrogens with one attached hydrogen (secondary N) is 1. The minimum Gasteiger partial charge on any atom is -0.311 e. The first kappa shape index (κ1) is 11.3. The maximum Gasteiger partial charge on any atom is 0.00816 e. The molecular weight excluding hydrogens is 170 g/mol. The summed E-state index contributed by atoms with van der Waals surface area (Å²) in [5.74, 6) is 0. The summed E-state index contributed by atoms with van der Waals surface area (Å²) in [6.45, 7) is 6.70. The second kappa shape index (κ2) is 5.82. The van der Waals surface area contributed by atoms with Gasteiger partial charge in [0.05, 0.1) is 0 Å². The molecule has 2 unspecified atom stereocenters. The van der Waals surface area contributed by atoms with Gasteiger partial charge in [0.2, 0.25) is 0 Å². The fourth-order valence-electron chi connectivity index (χ4n) is 1.63. The van der Waals surface area contributed by atoms with Gasteiger partial charge in [-0.2, -0.15) is 0 Å². The van der Waals surface area contributed by atoms with Crippen LogP contribution < -0.4 is 5.32 Å². The van der Waals surface area contributed by atoms with Gasteiger partial charge in [-0.05, 0) is 32.3 Å². The lowest BCUT2D eigenvalue weighted by Crippen LogP contribution is -2.35. The highest BCUT2D eigenvalue weighted by Crippen LogP contribution is 2.03. The van der Waals surface area contributed by atoms with Crippen LogP contribution in [0.3, 0.4) is 0 Å². The molecule has 1 aromatic rings. The van der Waals surface area contributed by atoms with E-state index in [4.69, 9.17) is 0 Å². The second-order valence-corrected chi connectivity index (χ2v) is 4.07. The zero-order valence-electron chi connectivity index (χ0n) is 9.46. The van der Waals surface area contributed by atoms with Gasteiger partial charge in [-0.25, -0.2) is 0 Å². The molecule has 0 saturated carbocycles. The molecule has 78 valence electrons. The quantitative estimate of drug-likeness (QED) is 0.754. The molecule has 0 fully saturated rings. The third kappa shape index (κ3) is 3.93. The van der Waals surface area contributed by atoms with E-state index in [0.29, 0.717) is 12.1 Å². The molecule has 0 spiro atoms. The van der Waals surface area contributed by atoms with Crippen molar-refractivity contribution in [2.24, 2.45) is 0 Å². The minimum atomic E-state index is 0.562. The summed E-state index contributed by atoms with van der Waals surface area (Å²) in [5, 5.41) is 3.58. The van der Waals surface area contributed by atoms with E-state index in [9.17, 15) is 0 Å². The van der Waals surface area contributed by atoms with Crippen LogP contribution >= 0.6 is 0 Å². The lowest BCUT2D eigenvalue weighted by atomic mass is 10.1. The molecule has 1 rings (SSSR count). The van der Waals surface area contributed by atoms with Gasteiger partial charge < -0.3 is 5.32 Å². The van der Waals surface area contributed by atoms with E-state index in [1.165, 1.54) is 12.0 Å². The monoisotopic (exact) mass is 191 g/mol. The molecule has 1 nitrogen and oxygen atoms in total. The lowest BCUT2D eigenvalue weighted by molar-refractivity contribution is 0.455. The minimum absolute atomic E-state index is 0.562. The van der Waals surface area contributed by atoms with Crippen molar-refractivity contribution in [3.05, 3.63) is 35.9 Å². The Morgan fingerprint density at radius 3 is 2.29 bits per heavy atom. The number of benzene rings is 1. The molecule has 1 N–H and O–H groups in total. The van der Waals surface area contributed by atoms with E-state index in [1.54, 1.807) is 0 Å². The summed E-state index contributed by atoms with van der Waals surface area (Å²) in [4.78, 5) is 0. The highest BCUT2D eigenvalue weighted by atomic mass is 14.9.